The van der Waals surface area contributed by atoms with Gasteiger partial charge in [0.1, 0.15) is 0 Å². The summed E-state index contributed by atoms with van der Waals surface area (Å²) >= 11 is 0. The van der Waals surface area contributed by atoms with Gasteiger partial charge in [-0.25, -0.2) is 0 Å². The number of para-hydroxylation sites is 2. The molecule has 22 aromatic carbocycles. The maximum absolute atomic E-state index is 2.46. The van der Waals surface area contributed by atoms with Crippen LogP contribution in [0, 0.1) is 0 Å². The normalized spacial score (nSPS) is 12.8. The van der Waals surface area contributed by atoms with Gasteiger partial charge in [0.15, 0.2) is 0 Å². The Hall–Kier alpha value is -17.4. The second kappa shape index (κ2) is 32.7. The van der Waals surface area contributed by atoms with Gasteiger partial charge in [-0.1, -0.05) is 373 Å². The lowest BCUT2D eigenvalue weighted by atomic mass is 9.81. The van der Waals surface area contributed by atoms with E-state index in [4.69, 9.17) is 0 Å². The monoisotopic (exact) mass is 1760 g/mol. The van der Waals surface area contributed by atoms with Crippen molar-refractivity contribution in [2.75, 3.05) is 9.80 Å². The zero-order valence-electron chi connectivity index (χ0n) is 77.1. The van der Waals surface area contributed by atoms with Crippen molar-refractivity contribution in [3.05, 3.63) is 520 Å². The van der Waals surface area contributed by atoms with E-state index < -0.39 is 0 Å². The van der Waals surface area contributed by atoms with E-state index in [9.17, 15) is 0 Å². The summed E-state index contributed by atoms with van der Waals surface area (Å²) in [7, 11) is 0. The summed E-state index contributed by atoms with van der Waals surface area (Å²) in [4.78, 5) is 4.89. The lowest BCUT2D eigenvalue weighted by Gasteiger charge is -2.28. The van der Waals surface area contributed by atoms with Gasteiger partial charge in [0.25, 0.3) is 0 Å². The maximum Gasteiger partial charge on any atom is 0.0541 e. The van der Waals surface area contributed by atoms with E-state index in [1.807, 2.05) is 0 Å². The molecule has 0 saturated carbocycles. The molecule has 2 aliphatic carbocycles. The largest absolute Gasteiger partial charge is 0.310 e. The van der Waals surface area contributed by atoms with Crippen molar-refractivity contribution in [1.82, 2.24) is 9.13 Å². The minimum atomic E-state index is -0.315. The number of aromatic nitrogens is 2. The van der Waals surface area contributed by atoms with Crippen LogP contribution in [0.3, 0.4) is 0 Å². The van der Waals surface area contributed by atoms with Crippen LogP contribution in [0.15, 0.2) is 497 Å². The molecular weight excluding hydrogens is 1670 g/mol. The summed E-state index contributed by atoms with van der Waals surface area (Å²) in [5.41, 5.74) is 45.1. The van der Waals surface area contributed by atoms with Gasteiger partial charge in [0.05, 0.1) is 22.1 Å². The zero-order valence-corrected chi connectivity index (χ0v) is 77.1. The van der Waals surface area contributed by atoms with Gasteiger partial charge in [0, 0.05) is 77.9 Å². The summed E-state index contributed by atoms with van der Waals surface area (Å²) in [5.74, 6) is 0. The standard InChI is InChI=1S/C134H94N4/c1-133(2)125-34-16-13-30-117(125)119-75-73-114(86-127(119)133)136(109-63-49-94(50-64-109)90-39-43-96(44-40-90)105-60-78-132-124(83-105)122-32-15-18-36-130(122)138(132)111-67-53-92(54-68-111)88-23-9-6-10-24-88)112-71-57-102-80-101(45-46-103(102)81-112)99-27-19-28-100(79-99)106-58-74-118-120-76-72-113(85-128(120)134(3,4)126(118)84-106)135(108-69-55-98(56-70-108)116-33-20-26-97-25-11-12-29-115(97)116)107-61-47-93(48-62-107)89-37-41-95(42-38-89)104-59-77-131-123(82-104)121-31-14-17-35-129(121)137(131)110-65-51-91(52-66-110)87-21-7-5-8-22-87/h5-86H,1-4H3. The van der Waals surface area contributed by atoms with Crippen LogP contribution in [-0.2, 0) is 10.8 Å². The first-order chi connectivity index (χ1) is 67.9. The summed E-state index contributed by atoms with van der Waals surface area (Å²) < 4.78 is 4.80. The van der Waals surface area contributed by atoms with Gasteiger partial charge in [-0.05, 0) is 318 Å². The molecule has 0 unspecified atom stereocenters. The van der Waals surface area contributed by atoms with Crippen molar-refractivity contribution < 1.29 is 0 Å². The summed E-state index contributed by atoms with van der Waals surface area (Å²) in [6, 6.07) is 185. The Balaban J connectivity index is 0.478. The molecule has 0 radical (unpaired) electrons. The van der Waals surface area contributed by atoms with Gasteiger partial charge in [0.2, 0.25) is 0 Å². The smallest absolute Gasteiger partial charge is 0.0541 e. The number of nitrogens with zero attached hydrogens (tertiary/aromatic N) is 4. The van der Waals surface area contributed by atoms with Gasteiger partial charge in [-0.3, -0.25) is 0 Å². The van der Waals surface area contributed by atoms with Crippen LogP contribution in [0.2, 0.25) is 0 Å². The minimum Gasteiger partial charge on any atom is -0.310 e. The third-order valence-corrected chi connectivity index (χ3v) is 29.7. The summed E-state index contributed by atoms with van der Waals surface area (Å²) in [6.45, 7) is 9.56. The Kier molecular flexibility index (Phi) is 19.3. The molecule has 0 amide bonds. The van der Waals surface area contributed by atoms with E-state index in [-0.39, 0.29) is 10.8 Å². The van der Waals surface area contributed by atoms with E-state index in [1.165, 1.54) is 193 Å². The number of fused-ring (bicyclic) bond motifs is 14. The van der Waals surface area contributed by atoms with Crippen molar-refractivity contribution in [3.8, 4) is 134 Å². The molecule has 4 nitrogen and oxygen atoms in total. The van der Waals surface area contributed by atoms with Gasteiger partial charge in [-0.15, -0.1) is 0 Å². The highest BCUT2D eigenvalue weighted by Gasteiger charge is 2.38. The molecule has 650 valence electrons. The Morgan fingerprint density at radius 3 is 0.964 bits per heavy atom. The predicted octanol–water partition coefficient (Wildman–Crippen LogP) is 36.7. The number of rotatable bonds is 17. The number of hydrogen-bond donors (Lipinski definition) is 0. The Morgan fingerprint density at radius 1 is 0.152 bits per heavy atom. The molecule has 2 aromatic heterocycles. The SMILES string of the molecule is CC1(C)c2ccccc2-c2ccc(N(c3ccc(-c4ccc(-c5ccc6c(c5)c5ccccc5n6-c5ccc(-c6ccccc6)cc5)cc4)cc3)c3ccc4cc(-c5cccc(-c6ccc7c(c6)C(C)(C)c6cc(N(c8ccc(-c9ccc(-c%10ccc%11c(c%10)c%10ccccc%10n%11-c%10ccc(-c%11ccccc%11)cc%10)cc9)cc8)c8ccc(-c9cccc%10ccccc9%10)cc8)ccc6-7)c5)ccc4c3)cc21. The molecule has 0 fully saturated rings. The molecule has 138 heavy (non-hydrogen) atoms. The third kappa shape index (κ3) is 13.9. The second-order valence-electron chi connectivity index (χ2n) is 38.3. The first-order valence-electron chi connectivity index (χ1n) is 48.0. The highest BCUT2D eigenvalue weighted by atomic mass is 15.1. The Bertz CT molecular complexity index is 8920. The van der Waals surface area contributed by atoms with Crippen molar-refractivity contribution in [1.29, 1.82) is 0 Å². The van der Waals surface area contributed by atoms with Crippen LogP contribution in [0.5, 0.6) is 0 Å². The molecule has 0 bridgehead atoms. The fraction of sp³-hybridized carbons (Fsp3) is 0.0448. The average molecular weight is 1760 g/mol. The maximum atomic E-state index is 2.46. The highest BCUT2D eigenvalue weighted by Crippen LogP contribution is 2.55. The van der Waals surface area contributed by atoms with E-state index in [1.54, 1.807) is 0 Å². The molecular formula is C134H94N4. The quantitative estimate of drug-likeness (QED) is 0.0903. The fourth-order valence-corrected chi connectivity index (χ4v) is 22.5. The third-order valence-electron chi connectivity index (χ3n) is 29.7. The molecule has 2 aliphatic rings. The van der Waals surface area contributed by atoms with Crippen LogP contribution in [0.1, 0.15) is 49.9 Å². The lowest BCUT2D eigenvalue weighted by Crippen LogP contribution is -2.16. The molecule has 0 aliphatic heterocycles. The molecule has 2 heterocycles. The van der Waals surface area contributed by atoms with Crippen LogP contribution >= 0.6 is 0 Å². The van der Waals surface area contributed by atoms with E-state index in [2.05, 4.69) is 544 Å². The van der Waals surface area contributed by atoms with Crippen molar-refractivity contribution >= 4 is 99.3 Å². The first kappa shape index (κ1) is 81.3. The predicted molar refractivity (Wildman–Crippen MR) is 584 cm³/mol. The first-order valence-corrected chi connectivity index (χ1v) is 48.0. The van der Waals surface area contributed by atoms with Gasteiger partial charge < -0.3 is 18.9 Å². The molecule has 0 N–H and O–H groups in total. The fourth-order valence-electron chi connectivity index (χ4n) is 22.5. The van der Waals surface area contributed by atoms with Crippen LogP contribution in [0.4, 0.5) is 34.1 Å². The topological polar surface area (TPSA) is 16.3 Å². The highest BCUT2D eigenvalue weighted by molar-refractivity contribution is 6.12. The molecule has 0 atom stereocenters. The number of hydrogen-bond acceptors (Lipinski definition) is 2. The van der Waals surface area contributed by atoms with Crippen molar-refractivity contribution in [2.45, 2.75) is 38.5 Å². The Morgan fingerprint density at radius 2 is 0.442 bits per heavy atom. The minimum absolute atomic E-state index is 0.173. The Labute approximate surface area is 804 Å². The van der Waals surface area contributed by atoms with Crippen LogP contribution in [0.25, 0.3) is 199 Å². The average Bonchev–Trinajstić information content (AvgIpc) is 1.56. The lowest BCUT2D eigenvalue weighted by molar-refractivity contribution is 0.660. The van der Waals surface area contributed by atoms with Crippen molar-refractivity contribution in [3.63, 3.8) is 0 Å². The number of benzene rings is 22. The van der Waals surface area contributed by atoms with Gasteiger partial charge in [-0.2, -0.15) is 0 Å². The number of anilines is 6. The van der Waals surface area contributed by atoms with Gasteiger partial charge >= 0.3 is 0 Å². The molecule has 0 spiro atoms. The zero-order chi connectivity index (χ0) is 91.9. The molecule has 0 saturated heterocycles. The molecule has 24 aromatic rings. The van der Waals surface area contributed by atoms with E-state index in [0.717, 1.165) is 62.2 Å². The second-order valence-corrected chi connectivity index (χ2v) is 38.3. The summed E-state index contributed by atoms with van der Waals surface area (Å²) in [6.07, 6.45) is 0. The van der Waals surface area contributed by atoms with Crippen LogP contribution in [-0.4, -0.2) is 9.13 Å². The summed E-state index contributed by atoms with van der Waals surface area (Å²) in [5, 5.41) is 9.79. The molecule has 4 heteroatoms. The van der Waals surface area contributed by atoms with E-state index >= 15 is 0 Å². The van der Waals surface area contributed by atoms with Crippen molar-refractivity contribution in [2.24, 2.45) is 0 Å². The van der Waals surface area contributed by atoms with Crippen LogP contribution < -0.4 is 9.80 Å². The molecule has 26 rings (SSSR count). The van der Waals surface area contributed by atoms with E-state index in [0.29, 0.717) is 0 Å².